The van der Waals surface area contributed by atoms with Crippen LogP contribution in [0.15, 0.2) is 36.9 Å². The number of hydrogen-bond acceptors (Lipinski definition) is 2. The Labute approximate surface area is 133 Å². The van der Waals surface area contributed by atoms with Gasteiger partial charge in [0.05, 0.1) is 11.9 Å². The summed E-state index contributed by atoms with van der Waals surface area (Å²) in [6.07, 6.45) is 9.31. The van der Waals surface area contributed by atoms with Crippen molar-refractivity contribution in [2.45, 2.75) is 12.8 Å². The third-order valence-corrected chi connectivity index (χ3v) is 3.20. The number of nitrogens with zero attached hydrogens (tertiary/aromatic N) is 2. The van der Waals surface area contributed by atoms with Gasteiger partial charge in [0.25, 0.3) is 0 Å². The summed E-state index contributed by atoms with van der Waals surface area (Å²) < 4.78 is 1.97. The standard InChI is InChI=1S/C14H12N2O2.Na.H/c17-14(18)11-2-1-10-3-4-13(8-12(10)7-11)16-6-5-15-9-16;;/h1-2,5-9H,3-4H2,(H,17,18);;. The Morgan fingerprint density at radius 3 is 2.84 bits per heavy atom. The molecule has 1 heterocycles. The number of carbonyl (C=O) groups is 1. The first-order valence-electron chi connectivity index (χ1n) is 5.79. The number of hydrogen-bond donors (Lipinski definition) is 1. The summed E-state index contributed by atoms with van der Waals surface area (Å²) in [6.45, 7) is 0. The zero-order valence-electron chi connectivity index (χ0n) is 9.71. The normalized spacial score (nSPS) is 13.2. The zero-order chi connectivity index (χ0) is 12.5. The number of benzene rings is 1. The van der Waals surface area contributed by atoms with E-state index in [1.165, 1.54) is 5.56 Å². The van der Waals surface area contributed by atoms with E-state index in [-0.39, 0.29) is 29.6 Å². The van der Waals surface area contributed by atoms with Gasteiger partial charge < -0.3 is 9.67 Å². The number of aromatic nitrogens is 2. The summed E-state index contributed by atoms with van der Waals surface area (Å²) in [5.74, 6) is -0.888. The van der Waals surface area contributed by atoms with Crippen molar-refractivity contribution in [1.82, 2.24) is 9.55 Å². The van der Waals surface area contributed by atoms with Crippen LogP contribution >= 0.6 is 0 Å². The first-order valence-corrected chi connectivity index (χ1v) is 5.79. The van der Waals surface area contributed by atoms with Crippen LogP contribution in [0.3, 0.4) is 0 Å². The number of imidazole rings is 1. The van der Waals surface area contributed by atoms with Gasteiger partial charge in [-0.3, -0.25) is 0 Å². The fourth-order valence-corrected chi connectivity index (χ4v) is 2.24. The predicted octanol–water partition coefficient (Wildman–Crippen LogP) is 1.88. The van der Waals surface area contributed by atoms with Crippen LogP contribution in [-0.2, 0) is 6.42 Å². The molecule has 3 rings (SSSR count). The number of fused-ring (bicyclic) bond motifs is 1. The molecule has 2 aromatic rings. The summed E-state index contributed by atoms with van der Waals surface area (Å²) >= 11 is 0. The van der Waals surface area contributed by atoms with Gasteiger partial charge in [-0.15, -0.1) is 0 Å². The van der Waals surface area contributed by atoms with Crippen LogP contribution in [0.4, 0.5) is 0 Å². The number of carboxylic acid groups (broad SMARTS) is 1. The first kappa shape index (κ1) is 14.1. The summed E-state index contributed by atoms with van der Waals surface area (Å²) in [7, 11) is 0. The molecule has 0 spiro atoms. The zero-order valence-corrected chi connectivity index (χ0v) is 9.71. The molecule has 1 aromatic heterocycles. The quantitative estimate of drug-likeness (QED) is 0.842. The van der Waals surface area contributed by atoms with Crippen molar-refractivity contribution >= 4 is 47.3 Å². The Hall–Kier alpha value is -1.36. The van der Waals surface area contributed by atoms with Crippen LogP contribution in [0.25, 0.3) is 11.8 Å². The maximum atomic E-state index is 11.0. The van der Waals surface area contributed by atoms with Crippen LogP contribution in [-0.4, -0.2) is 50.2 Å². The van der Waals surface area contributed by atoms with Crippen molar-refractivity contribution in [2.24, 2.45) is 0 Å². The molecule has 1 N–H and O–H groups in total. The van der Waals surface area contributed by atoms with Crippen molar-refractivity contribution in [3.05, 3.63) is 53.6 Å². The molecule has 0 atom stereocenters. The van der Waals surface area contributed by atoms with Gasteiger partial charge in [0.15, 0.2) is 0 Å². The summed E-state index contributed by atoms with van der Waals surface area (Å²) in [5, 5.41) is 9.00. The Balaban J connectivity index is 0.00000133. The fourth-order valence-electron chi connectivity index (χ4n) is 2.24. The van der Waals surface area contributed by atoms with E-state index in [1.807, 2.05) is 22.9 Å². The molecule has 0 saturated carbocycles. The van der Waals surface area contributed by atoms with Crippen LogP contribution in [0, 0.1) is 0 Å². The van der Waals surface area contributed by atoms with Gasteiger partial charge in [0, 0.05) is 18.1 Å². The molecule has 0 saturated heterocycles. The van der Waals surface area contributed by atoms with Gasteiger partial charge in [-0.2, -0.15) is 0 Å². The minimum atomic E-state index is -0.888. The third kappa shape index (κ3) is 2.81. The number of rotatable bonds is 2. The molecular weight excluding hydrogens is 251 g/mol. The van der Waals surface area contributed by atoms with Crippen LogP contribution in [0.5, 0.6) is 0 Å². The van der Waals surface area contributed by atoms with Crippen molar-refractivity contribution in [3.63, 3.8) is 0 Å². The molecule has 1 aliphatic rings. The molecule has 0 unspecified atom stereocenters. The number of carboxylic acids is 1. The predicted molar refractivity (Wildman–Crippen MR) is 75.3 cm³/mol. The summed E-state index contributed by atoms with van der Waals surface area (Å²) in [5.41, 5.74) is 3.66. The molecule has 0 aliphatic heterocycles. The van der Waals surface area contributed by atoms with Crippen LogP contribution in [0.1, 0.15) is 27.9 Å². The Morgan fingerprint density at radius 2 is 2.16 bits per heavy atom. The van der Waals surface area contributed by atoms with Crippen molar-refractivity contribution < 1.29 is 9.90 Å². The summed E-state index contributed by atoms with van der Waals surface area (Å²) in [4.78, 5) is 15.0. The van der Waals surface area contributed by atoms with Crippen LogP contribution in [0.2, 0.25) is 0 Å². The molecule has 92 valence electrons. The molecule has 0 fully saturated rings. The number of aromatic carboxylic acids is 1. The Bertz CT molecular complexity index is 633. The Kier molecular flexibility index (Phi) is 4.24. The van der Waals surface area contributed by atoms with Crippen molar-refractivity contribution in [1.29, 1.82) is 0 Å². The molecule has 0 bridgehead atoms. The monoisotopic (exact) mass is 264 g/mol. The maximum absolute atomic E-state index is 11.0. The SMILES string of the molecule is O=C(O)c1ccc2c(c1)C=C(n1ccnc1)CC2.[NaH]. The fraction of sp³-hybridized carbons (Fsp3) is 0.143. The van der Waals surface area contributed by atoms with Crippen molar-refractivity contribution in [3.8, 4) is 0 Å². The number of allylic oxidation sites excluding steroid dienone is 1. The topological polar surface area (TPSA) is 55.1 Å². The third-order valence-electron chi connectivity index (χ3n) is 3.20. The van der Waals surface area contributed by atoms with Crippen LogP contribution < -0.4 is 0 Å². The molecule has 0 amide bonds. The average molecular weight is 264 g/mol. The van der Waals surface area contributed by atoms with E-state index >= 15 is 0 Å². The minimum absolute atomic E-state index is 0. The van der Waals surface area contributed by atoms with Crippen molar-refractivity contribution in [2.75, 3.05) is 0 Å². The van der Waals surface area contributed by atoms with E-state index in [4.69, 9.17) is 5.11 Å². The van der Waals surface area contributed by atoms with Gasteiger partial charge >= 0.3 is 35.5 Å². The second kappa shape index (κ2) is 5.74. The molecule has 5 heteroatoms. The molecule has 4 nitrogen and oxygen atoms in total. The second-order valence-electron chi connectivity index (χ2n) is 4.32. The molecule has 1 aromatic carbocycles. The van der Waals surface area contributed by atoms with E-state index in [1.54, 1.807) is 24.7 Å². The summed E-state index contributed by atoms with van der Waals surface area (Å²) in [6, 6.07) is 5.30. The van der Waals surface area contributed by atoms with E-state index in [2.05, 4.69) is 4.98 Å². The van der Waals surface area contributed by atoms with Gasteiger partial charge in [0.2, 0.25) is 0 Å². The Morgan fingerprint density at radius 1 is 1.32 bits per heavy atom. The average Bonchev–Trinajstić information content (AvgIpc) is 2.91. The number of aryl methyl sites for hydroxylation is 1. The van der Waals surface area contributed by atoms with E-state index in [9.17, 15) is 4.79 Å². The van der Waals surface area contributed by atoms with E-state index < -0.39 is 5.97 Å². The van der Waals surface area contributed by atoms with E-state index in [0.717, 1.165) is 24.1 Å². The molecule has 0 radical (unpaired) electrons. The molecule has 19 heavy (non-hydrogen) atoms. The molecule has 1 aliphatic carbocycles. The molecular formula is C14H13N2NaO2. The van der Waals surface area contributed by atoms with Gasteiger partial charge in [-0.25, -0.2) is 9.78 Å². The second-order valence-corrected chi connectivity index (χ2v) is 4.32. The van der Waals surface area contributed by atoms with Gasteiger partial charge in [0.1, 0.15) is 0 Å². The van der Waals surface area contributed by atoms with E-state index in [0.29, 0.717) is 5.56 Å². The first-order chi connectivity index (χ1) is 8.74. The van der Waals surface area contributed by atoms with Gasteiger partial charge in [-0.1, -0.05) is 6.07 Å². The van der Waals surface area contributed by atoms with Gasteiger partial charge in [-0.05, 0) is 42.2 Å².